The van der Waals surface area contributed by atoms with Crippen LogP contribution in [-0.4, -0.2) is 29.2 Å². The third kappa shape index (κ3) is 4.50. The molecular formula is C18H15FN4O3S. The number of hydrogen-bond acceptors (Lipinski definition) is 6. The number of carbonyl (C=O) groups is 2. The minimum Gasteiger partial charge on any atom is -0.411 e. The average molecular weight is 386 g/mol. The van der Waals surface area contributed by atoms with Gasteiger partial charge in [0.15, 0.2) is 0 Å². The highest BCUT2D eigenvalue weighted by Crippen LogP contribution is 2.36. The van der Waals surface area contributed by atoms with Gasteiger partial charge in [-0.25, -0.2) is 9.18 Å². The number of nitrogens with one attached hydrogen (secondary N) is 2. The van der Waals surface area contributed by atoms with E-state index in [1.54, 1.807) is 36.4 Å². The zero-order chi connectivity index (χ0) is 19.2. The van der Waals surface area contributed by atoms with Gasteiger partial charge in [0.25, 0.3) is 11.1 Å². The second kappa shape index (κ2) is 8.45. The Morgan fingerprint density at radius 3 is 2.48 bits per heavy atom. The first-order valence-corrected chi connectivity index (χ1v) is 8.79. The van der Waals surface area contributed by atoms with Gasteiger partial charge in [0.05, 0.1) is 5.56 Å². The van der Waals surface area contributed by atoms with Crippen molar-refractivity contribution >= 4 is 23.7 Å². The van der Waals surface area contributed by atoms with Crippen LogP contribution in [0.25, 0.3) is 11.5 Å². The average Bonchev–Trinajstić information content (AvgIpc) is 3.15. The first kappa shape index (κ1) is 18.6. The summed E-state index contributed by atoms with van der Waals surface area (Å²) in [5.74, 6) is -1.03. The van der Waals surface area contributed by atoms with Crippen molar-refractivity contribution in [2.24, 2.45) is 0 Å². The molecule has 2 N–H and O–H groups in total. The third-order valence-electron chi connectivity index (χ3n) is 3.53. The predicted octanol–water partition coefficient (Wildman–Crippen LogP) is 3.16. The minimum atomic E-state index is -0.808. The molecule has 0 unspecified atom stereocenters. The molecule has 0 aliphatic heterocycles. The van der Waals surface area contributed by atoms with E-state index >= 15 is 0 Å². The standard InChI is InChI=1S/C18H15FN4O3S/c1-20-17(25)21-15(24)14(11-7-3-2-4-8-11)27-18-23-22-16(26-18)12-9-5-6-10-13(12)19/h2-10,14H,1H3,(H2,20,21,24,25)/t14-/m1/s1. The molecule has 1 aromatic heterocycles. The molecule has 1 atom stereocenters. The molecule has 0 fully saturated rings. The SMILES string of the molecule is CNC(=O)NC(=O)[C@H](Sc1nnc(-c2ccccc2F)o1)c1ccccc1. The van der Waals surface area contributed by atoms with Crippen molar-refractivity contribution in [1.29, 1.82) is 0 Å². The van der Waals surface area contributed by atoms with Gasteiger partial charge in [0.2, 0.25) is 5.91 Å². The van der Waals surface area contributed by atoms with Gasteiger partial charge in [-0.1, -0.05) is 42.5 Å². The normalized spacial score (nSPS) is 11.6. The quantitative estimate of drug-likeness (QED) is 0.654. The van der Waals surface area contributed by atoms with Crippen LogP contribution in [0.15, 0.2) is 64.2 Å². The predicted molar refractivity (Wildman–Crippen MR) is 97.3 cm³/mol. The summed E-state index contributed by atoms with van der Waals surface area (Å²) in [6.45, 7) is 0. The molecule has 3 rings (SSSR count). The van der Waals surface area contributed by atoms with Crippen LogP contribution in [0, 0.1) is 5.82 Å². The molecule has 0 spiro atoms. The van der Waals surface area contributed by atoms with E-state index in [1.165, 1.54) is 19.2 Å². The van der Waals surface area contributed by atoms with Crippen LogP contribution in [0.1, 0.15) is 10.8 Å². The first-order valence-electron chi connectivity index (χ1n) is 7.91. The fourth-order valence-electron chi connectivity index (χ4n) is 2.24. The number of rotatable bonds is 5. The molecule has 2 aromatic carbocycles. The van der Waals surface area contributed by atoms with Gasteiger partial charge < -0.3 is 9.73 Å². The molecule has 1 heterocycles. The van der Waals surface area contributed by atoms with Gasteiger partial charge in [-0.3, -0.25) is 10.1 Å². The highest BCUT2D eigenvalue weighted by atomic mass is 32.2. The van der Waals surface area contributed by atoms with Crippen molar-refractivity contribution in [3.05, 3.63) is 66.0 Å². The summed E-state index contributed by atoms with van der Waals surface area (Å²) in [4.78, 5) is 24.0. The molecule has 3 aromatic rings. The summed E-state index contributed by atoms with van der Waals surface area (Å²) in [7, 11) is 1.41. The number of aromatic nitrogens is 2. The Labute approximate surface area is 158 Å². The summed E-state index contributed by atoms with van der Waals surface area (Å²) in [6.07, 6.45) is 0. The van der Waals surface area contributed by atoms with E-state index in [0.717, 1.165) is 11.8 Å². The topological polar surface area (TPSA) is 97.1 Å². The van der Waals surface area contributed by atoms with Crippen molar-refractivity contribution in [3.8, 4) is 11.5 Å². The summed E-state index contributed by atoms with van der Waals surface area (Å²) in [6, 6.07) is 14.2. The molecule has 9 heteroatoms. The van der Waals surface area contributed by atoms with Gasteiger partial charge in [0, 0.05) is 7.05 Å². The van der Waals surface area contributed by atoms with E-state index in [-0.39, 0.29) is 16.7 Å². The van der Waals surface area contributed by atoms with Crippen LogP contribution >= 0.6 is 11.8 Å². The van der Waals surface area contributed by atoms with Crippen molar-refractivity contribution < 1.29 is 18.4 Å². The van der Waals surface area contributed by atoms with Crippen molar-refractivity contribution in [2.45, 2.75) is 10.5 Å². The molecule has 0 saturated carbocycles. The number of thioether (sulfide) groups is 1. The van der Waals surface area contributed by atoms with Gasteiger partial charge in [-0.05, 0) is 29.5 Å². The lowest BCUT2D eigenvalue weighted by Gasteiger charge is -2.14. The van der Waals surface area contributed by atoms with Crippen LogP contribution in [0.5, 0.6) is 0 Å². The molecule has 0 bridgehead atoms. The largest absolute Gasteiger partial charge is 0.411 e. The number of nitrogens with zero attached hydrogens (tertiary/aromatic N) is 2. The Morgan fingerprint density at radius 1 is 1.07 bits per heavy atom. The molecule has 27 heavy (non-hydrogen) atoms. The van der Waals surface area contributed by atoms with E-state index in [4.69, 9.17) is 4.42 Å². The maximum atomic E-state index is 13.9. The molecule has 0 saturated heterocycles. The molecule has 7 nitrogen and oxygen atoms in total. The highest BCUT2D eigenvalue weighted by molar-refractivity contribution is 8.00. The van der Waals surface area contributed by atoms with E-state index < -0.39 is 23.0 Å². The van der Waals surface area contributed by atoms with Crippen LogP contribution in [0.3, 0.4) is 0 Å². The first-order chi connectivity index (χ1) is 13.1. The molecule has 0 aliphatic rings. The Morgan fingerprint density at radius 2 is 1.78 bits per heavy atom. The number of carbonyl (C=O) groups excluding carboxylic acids is 2. The van der Waals surface area contributed by atoms with Crippen LogP contribution in [0.2, 0.25) is 0 Å². The van der Waals surface area contributed by atoms with Gasteiger partial charge in [0.1, 0.15) is 11.1 Å². The van der Waals surface area contributed by atoms with Crippen molar-refractivity contribution in [2.75, 3.05) is 7.05 Å². The molecule has 0 aliphatic carbocycles. The fourth-order valence-corrected chi connectivity index (χ4v) is 3.12. The summed E-state index contributed by atoms with van der Waals surface area (Å²) >= 11 is 0.969. The Bertz CT molecular complexity index is 949. The number of benzene rings is 2. The maximum Gasteiger partial charge on any atom is 0.321 e. The van der Waals surface area contributed by atoms with Crippen LogP contribution < -0.4 is 10.6 Å². The minimum absolute atomic E-state index is 0.00845. The summed E-state index contributed by atoms with van der Waals surface area (Å²) < 4.78 is 19.4. The van der Waals surface area contributed by atoms with Crippen molar-refractivity contribution in [1.82, 2.24) is 20.8 Å². The molecular weight excluding hydrogens is 371 g/mol. The molecule has 0 radical (unpaired) electrons. The monoisotopic (exact) mass is 386 g/mol. The van der Waals surface area contributed by atoms with Gasteiger partial charge in [-0.15, -0.1) is 10.2 Å². The Balaban J connectivity index is 1.85. The third-order valence-corrected chi connectivity index (χ3v) is 4.62. The van der Waals surface area contributed by atoms with Crippen LogP contribution in [-0.2, 0) is 4.79 Å². The number of halogens is 1. The Hall–Kier alpha value is -3.20. The zero-order valence-corrected chi connectivity index (χ0v) is 15.0. The van der Waals surface area contributed by atoms with Crippen LogP contribution in [0.4, 0.5) is 9.18 Å². The van der Waals surface area contributed by atoms with E-state index in [0.29, 0.717) is 5.56 Å². The number of hydrogen-bond donors (Lipinski definition) is 2. The molecule has 138 valence electrons. The second-order valence-electron chi connectivity index (χ2n) is 5.33. The second-order valence-corrected chi connectivity index (χ2v) is 6.39. The maximum absolute atomic E-state index is 13.9. The highest BCUT2D eigenvalue weighted by Gasteiger charge is 2.26. The van der Waals surface area contributed by atoms with E-state index in [9.17, 15) is 14.0 Å². The summed E-state index contributed by atoms with van der Waals surface area (Å²) in [5.41, 5.74) is 0.817. The number of imide groups is 1. The zero-order valence-electron chi connectivity index (χ0n) is 14.2. The van der Waals surface area contributed by atoms with E-state index in [2.05, 4.69) is 20.8 Å². The smallest absolute Gasteiger partial charge is 0.321 e. The van der Waals surface area contributed by atoms with Crippen molar-refractivity contribution in [3.63, 3.8) is 0 Å². The molecule has 3 amide bonds. The van der Waals surface area contributed by atoms with Gasteiger partial charge in [-0.2, -0.15) is 0 Å². The lowest BCUT2D eigenvalue weighted by atomic mass is 10.1. The fraction of sp³-hybridized carbons (Fsp3) is 0.111. The van der Waals surface area contributed by atoms with Gasteiger partial charge >= 0.3 is 6.03 Å². The lowest BCUT2D eigenvalue weighted by Crippen LogP contribution is -2.39. The van der Waals surface area contributed by atoms with E-state index in [1.807, 2.05) is 6.07 Å². The summed E-state index contributed by atoms with van der Waals surface area (Å²) in [5, 5.41) is 11.6. The Kier molecular flexibility index (Phi) is 5.82. The lowest BCUT2D eigenvalue weighted by molar-refractivity contribution is -0.119. The number of amides is 3. The number of urea groups is 1.